The first-order valence-corrected chi connectivity index (χ1v) is 6.10. The lowest BCUT2D eigenvalue weighted by molar-refractivity contribution is -0.124. The minimum atomic E-state index is -0.0374. The number of hydrogen-bond donors (Lipinski definition) is 0. The lowest BCUT2D eigenvalue weighted by Crippen LogP contribution is -2.21. The summed E-state index contributed by atoms with van der Waals surface area (Å²) in [4.78, 5) is 11.7. The van der Waals surface area contributed by atoms with Crippen molar-refractivity contribution in [3.8, 4) is 5.75 Å². The molecule has 2 rings (SSSR count). The molecular weight excluding hydrogens is 263 g/mol. The molecule has 92 valence electrons. The van der Waals surface area contributed by atoms with Gasteiger partial charge in [-0.05, 0) is 24.6 Å². The normalized spacial score (nSPS) is 19.3. The van der Waals surface area contributed by atoms with Crippen LogP contribution in [0.1, 0.15) is 6.42 Å². The number of hydrogen-bond acceptors (Lipinski definition) is 3. The van der Waals surface area contributed by atoms with E-state index in [1.165, 1.54) is 0 Å². The number of halogens is 2. The van der Waals surface area contributed by atoms with Crippen LogP contribution >= 0.6 is 23.2 Å². The first kappa shape index (κ1) is 12.7. The van der Waals surface area contributed by atoms with Crippen LogP contribution in [-0.4, -0.2) is 25.6 Å². The Hall–Kier alpha value is -0.770. The molecule has 5 heteroatoms. The van der Waals surface area contributed by atoms with E-state index in [1.807, 2.05) is 0 Å². The van der Waals surface area contributed by atoms with Gasteiger partial charge in [0.15, 0.2) is 5.78 Å². The van der Waals surface area contributed by atoms with Crippen molar-refractivity contribution in [2.24, 2.45) is 5.92 Å². The summed E-state index contributed by atoms with van der Waals surface area (Å²) in [7, 11) is 0. The fourth-order valence-corrected chi connectivity index (χ4v) is 2.18. The van der Waals surface area contributed by atoms with Crippen LogP contribution in [0.4, 0.5) is 0 Å². The summed E-state index contributed by atoms with van der Waals surface area (Å²) in [5, 5.41) is 0.980. The van der Waals surface area contributed by atoms with E-state index in [1.54, 1.807) is 18.2 Å². The van der Waals surface area contributed by atoms with Crippen molar-refractivity contribution in [3.63, 3.8) is 0 Å². The minimum absolute atomic E-state index is 0.0324. The second kappa shape index (κ2) is 5.71. The Kier molecular flexibility index (Phi) is 4.26. The van der Waals surface area contributed by atoms with E-state index in [0.717, 1.165) is 6.42 Å². The van der Waals surface area contributed by atoms with Gasteiger partial charge in [-0.1, -0.05) is 23.2 Å². The summed E-state index contributed by atoms with van der Waals surface area (Å²) in [6.07, 6.45) is 0.776. The average Bonchev–Trinajstić information content (AvgIpc) is 2.78. The SMILES string of the molecule is O=C(COc1cc(Cl)cc(Cl)c1)C1CCOC1. The van der Waals surface area contributed by atoms with E-state index in [9.17, 15) is 4.79 Å². The maximum atomic E-state index is 11.7. The molecule has 3 nitrogen and oxygen atoms in total. The van der Waals surface area contributed by atoms with Crippen molar-refractivity contribution >= 4 is 29.0 Å². The average molecular weight is 275 g/mol. The van der Waals surface area contributed by atoms with E-state index >= 15 is 0 Å². The van der Waals surface area contributed by atoms with Crippen molar-refractivity contribution in [2.45, 2.75) is 6.42 Å². The molecule has 1 aromatic carbocycles. The summed E-state index contributed by atoms with van der Waals surface area (Å²) in [5.41, 5.74) is 0. The Labute approximate surface area is 110 Å². The first-order valence-electron chi connectivity index (χ1n) is 5.34. The van der Waals surface area contributed by atoms with Crippen molar-refractivity contribution in [3.05, 3.63) is 28.2 Å². The van der Waals surface area contributed by atoms with Gasteiger partial charge < -0.3 is 9.47 Å². The molecule has 1 saturated heterocycles. The number of ketones is 1. The highest BCUT2D eigenvalue weighted by Gasteiger charge is 2.23. The number of carbonyl (C=O) groups is 1. The Balaban J connectivity index is 1.90. The van der Waals surface area contributed by atoms with Gasteiger partial charge in [0.25, 0.3) is 0 Å². The molecule has 1 unspecified atom stereocenters. The van der Waals surface area contributed by atoms with Crippen LogP contribution in [0.5, 0.6) is 5.75 Å². The Morgan fingerprint density at radius 2 is 2.06 bits per heavy atom. The summed E-state index contributed by atoms with van der Waals surface area (Å²) in [6.45, 7) is 1.18. The molecule has 0 saturated carbocycles. The topological polar surface area (TPSA) is 35.5 Å². The molecule has 17 heavy (non-hydrogen) atoms. The van der Waals surface area contributed by atoms with Crippen molar-refractivity contribution < 1.29 is 14.3 Å². The predicted octanol–water partition coefficient (Wildman–Crippen LogP) is 2.98. The fourth-order valence-electron chi connectivity index (χ4n) is 1.67. The molecule has 1 aliphatic rings. The van der Waals surface area contributed by atoms with Crippen LogP contribution in [0.3, 0.4) is 0 Å². The highest BCUT2D eigenvalue weighted by molar-refractivity contribution is 6.34. The monoisotopic (exact) mass is 274 g/mol. The molecule has 1 heterocycles. The fraction of sp³-hybridized carbons (Fsp3) is 0.417. The Morgan fingerprint density at radius 3 is 2.65 bits per heavy atom. The van der Waals surface area contributed by atoms with Gasteiger partial charge in [0.1, 0.15) is 12.4 Å². The van der Waals surface area contributed by atoms with Crippen molar-refractivity contribution in [2.75, 3.05) is 19.8 Å². The zero-order valence-electron chi connectivity index (χ0n) is 9.12. The molecule has 1 aliphatic heterocycles. The van der Waals surface area contributed by atoms with E-state index < -0.39 is 0 Å². The zero-order chi connectivity index (χ0) is 12.3. The van der Waals surface area contributed by atoms with E-state index in [4.69, 9.17) is 32.7 Å². The second-order valence-electron chi connectivity index (χ2n) is 3.92. The van der Waals surface area contributed by atoms with Crippen molar-refractivity contribution in [1.29, 1.82) is 0 Å². The van der Waals surface area contributed by atoms with Crippen LogP contribution in [0.15, 0.2) is 18.2 Å². The van der Waals surface area contributed by atoms with Crippen molar-refractivity contribution in [1.82, 2.24) is 0 Å². The maximum absolute atomic E-state index is 11.7. The molecule has 1 fully saturated rings. The van der Waals surface area contributed by atoms with Crippen LogP contribution in [0.2, 0.25) is 10.0 Å². The minimum Gasteiger partial charge on any atom is -0.486 e. The number of rotatable bonds is 4. The standard InChI is InChI=1S/C12H12Cl2O3/c13-9-3-10(14)5-11(4-9)17-7-12(15)8-1-2-16-6-8/h3-5,8H,1-2,6-7H2. The zero-order valence-corrected chi connectivity index (χ0v) is 10.6. The van der Waals surface area contributed by atoms with Gasteiger partial charge in [0, 0.05) is 22.6 Å². The predicted molar refractivity (Wildman–Crippen MR) is 65.9 cm³/mol. The summed E-state index contributed by atoms with van der Waals surface area (Å²) >= 11 is 11.6. The van der Waals surface area contributed by atoms with Gasteiger partial charge in [-0.15, -0.1) is 0 Å². The quantitative estimate of drug-likeness (QED) is 0.847. The van der Waals surface area contributed by atoms with Gasteiger partial charge in [-0.25, -0.2) is 0 Å². The van der Waals surface area contributed by atoms with Gasteiger partial charge >= 0.3 is 0 Å². The molecule has 1 atom stereocenters. The smallest absolute Gasteiger partial charge is 0.175 e. The van der Waals surface area contributed by atoms with Crippen LogP contribution in [0.25, 0.3) is 0 Å². The highest BCUT2D eigenvalue weighted by Crippen LogP contribution is 2.24. The molecule has 0 bridgehead atoms. The molecule has 0 aliphatic carbocycles. The van der Waals surface area contributed by atoms with Crippen LogP contribution in [-0.2, 0) is 9.53 Å². The number of Topliss-reactive ketones (excluding diaryl/α,β-unsaturated/α-hetero) is 1. The number of benzene rings is 1. The Bertz CT molecular complexity index is 394. The van der Waals surface area contributed by atoms with E-state index in [0.29, 0.717) is 29.0 Å². The molecule has 0 spiro atoms. The Morgan fingerprint density at radius 1 is 1.35 bits per heavy atom. The van der Waals surface area contributed by atoms with Crippen LogP contribution in [0, 0.1) is 5.92 Å². The highest BCUT2D eigenvalue weighted by atomic mass is 35.5. The first-order chi connectivity index (χ1) is 8.15. The summed E-state index contributed by atoms with van der Waals surface area (Å²) in [5.74, 6) is 0.526. The maximum Gasteiger partial charge on any atom is 0.175 e. The third kappa shape index (κ3) is 3.60. The second-order valence-corrected chi connectivity index (χ2v) is 4.79. The third-order valence-corrected chi connectivity index (χ3v) is 3.04. The number of ether oxygens (including phenoxy) is 2. The molecule has 0 N–H and O–H groups in total. The molecule has 0 radical (unpaired) electrons. The van der Waals surface area contributed by atoms with Gasteiger partial charge in [0.2, 0.25) is 0 Å². The molecule has 0 aromatic heterocycles. The van der Waals surface area contributed by atoms with Gasteiger partial charge in [-0.3, -0.25) is 4.79 Å². The largest absolute Gasteiger partial charge is 0.486 e. The summed E-state index contributed by atoms with van der Waals surface area (Å²) < 4.78 is 10.5. The van der Waals surface area contributed by atoms with E-state index in [-0.39, 0.29) is 18.3 Å². The molecule has 0 amide bonds. The van der Waals surface area contributed by atoms with Crippen LogP contribution < -0.4 is 4.74 Å². The lowest BCUT2D eigenvalue weighted by atomic mass is 10.0. The van der Waals surface area contributed by atoms with E-state index in [2.05, 4.69) is 0 Å². The molecule has 1 aromatic rings. The lowest BCUT2D eigenvalue weighted by Gasteiger charge is -2.09. The van der Waals surface area contributed by atoms with Gasteiger partial charge in [0.05, 0.1) is 6.61 Å². The summed E-state index contributed by atoms with van der Waals surface area (Å²) in [6, 6.07) is 4.88. The van der Waals surface area contributed by atoms with Gasteiger partial charge in [-0.2, -0.15) is 0 Å². The number of carbonyl (C=O) groups excluding carboxylic acids is 1. The molecular formula is C12H12Cl2O3. The third-order valence-electron chi connectivity index (χ3n) is 2.60.